The summed E-state index contributed by atoms with van der Waals surface area (Å²) in [5.74, 6) is -0.205. The Morgan fingerprint density at radius 2 is 1.62 bits per heavy atom. The Morgan fingerprint density at radius 1 is 1.06 bits per heavy atom. The Kier molecular flexibility index (Phi) is 7.69. The maximum atomic E-state index is 12.7. The van der Waals surface area contributed by atoms with E-state index < -0.39 is 16.0 Å². The van der Waals surface area contributed by atoms with Crippen molar-refractivity contribution in [2.24, 2.45) is 0 Å². The minimum absolute atomic E-state index is 0.205. The highest BCUT2D eigenvalue weighted by Gasteiger charge is 2.48. The number of nitrogens with zero attached hydrogens (tertiary/aromatic N) is 3. The van der Waals surface area contributed by atoms with Crippen LogP contribution in [0.15, 0.2) is 24.3 Å². The summed E-state index contributed by atoms with van der Waals surface area (Å²) in [4.78, 5) is 17.2. The molecule has 1 aliphatic heterocycles. The fourth-order valence-electron chi connectivity index (χ4n) is 5.26. The van der Waals surface area contributed by atoms with E-state index in [4.69, 9.17) is 11.2 Å². The van der Waals surface area contributed by atoms with Gasteiger partial charge < -0.3 is 14.7 Å². The summed E-state index contributed by atoms with van der Waals surface area (Å²) in [6.07, 6.45) is 11.2. The molecule has 1 heterocycles. The van der Waals surface area contributed by atoms with E-state index in [1.54, 1.807) is 4.90 Å². The van der Waals surface area contributed by atoms with Gasteiger partial charge in [-0.15, -0.1) is 0 Å². The van der Waals surface area contributed by atoms with Crippen LogP contribution in [0.4, 0.5) is 5.69 Å². The third kappa shape index (κ3) is 4.68. The van der Waals surface area contributed by atoms with Crippen molar-refractivity contribution in [3.8, 4) is 0 Å². The lowest BCUT2D eigenvalue weighted by Gasteiger charge is -2.47. The Hall–Kier alpha value is -0.900. The van der Waals surface area contributed by atoms with Gasteiger partial charge in [0, 0.05) is 36.3 Å². The summed E-state index contributed by atoms with van der Waals surface area (Å²) >= 11 is 4.69. The SMILES string of the molecule is CC.O=C1C(N(O)S(O)=S)CCN1c1ccc(C2(CN(C3CCC3)C3CCC3)CC2)cc1. The number of carbonyl (C=O) groups is 1. The topological polar surface area (TPSA) is 67.2 Å². The predicted molar refractivity (Wildman–Crippen MR) is 132 cm³/mol. The van der Waals surface area contributed by atoms with Crippen molar-refractivity contribution in [3.05, 3.63) is 29.8 Å². The molecular weight excluding hydrogens is 442 g/mol. The predicted octanol–water partition coefficient (Wildman–Crippen LogP) is 4.42. The van der Waals surface area contributed by atoms with E-state index in [9.17, 15) is 14.6 Å². The molecular formula is C24H37N3O3S2. The van der Waals surface area contributed by atoms with Gasteiger partial charge in [0.2, 0.25) is 5.91 Å². The third-order valence-electron chi connectivity index (χ3n) is 7.82. The van der Waals surface area contributed by atoms with Gasteiger partial charge in [0.15, 0.2) is 0 Å². The first-order valence-corrected chi connectivity index (χ1v) is 14.3. The molecule has 6 nitrogen and oxygen atoms in total. The smallest absolute Gasteiger partial charge is 0.247 e. The highest BCUT2D eigenvalue weighted by atomic mass is 32.8. The summed E-state index contributed by atoms with van der Waals surface area (Å²) in [7, 11) is -1.74. The van der Waals surface area contributed by atoms with Crippen molar-refractivity contribution in [3.63, 3.8) is 0 Å². The highest BCUT2D eigenvalue weighted by Crippen LogP contribution is 2.51. The molecule has 3 aliphatic carbocycles. The number of rotatable bonds is 8. The molecule has 0 aromatic heterocycles. The molecule has 1 aromatic rings. The number of benzene rings is 1. The van der Waals surface area contributed by atoms with E-state index in [0.29, 0.717) is 17.4 Å². The molecule has 8 heteroatoms. The fraction of sp³-hybridized carbons (Fsp3) is 0.708. The van der Waals surface area contributed by atoms with Crippen molar-refractivity contribution in [1.29, 1.82) is 0 Å². The lowest BCUT2D eigenvalue weighted by molar-refractivity contribution is -0.128. The number of hydrogen-bond acceptors (Lipinski definition) is 4. The highest BCUT2D eigenvalue weighted by molar-refractivity contribution is 8.24. The van der Waals surface area contributed by atoms with E-state index in [1.165, 1.54) is 63.5 Å². The lowest BCUT2D eigenvalue weighted by atomic mass is 9.82. The zero-order valence-corrected chi connectivity index (χ0v) is 20.9. The van der Waals surface area contributed by atoms with Gasteiger partial charge in [-0.05, 0) is 73.8 Å². The molecule has 2 N–H and O–H groups in total. The van der Waals surface area contributed by atoms with Crippen LogP contribution < -0.4 is 4.90 Å². The molecule has 4 fully saturated rings. The first-order chi connectivity index (χ1) is 15.5. The average Bonchev–Trinajstić information content (AvgIpc) is 3.40. The molecule has 0 spiro atoms. The van der Waals surface area contributed by atoms with Crippen molar-refractivity contribution in [2.75, 3.05) is 18.0 Å². The molecule has 5 rings (SSSR count). The average molecular weight is 480 g/mol. The molecule has 2 unspecified atom stereocenters. The number of hydrogen-bond donors (Lipinski definition) is 2. The van der Waals surface area contributed by atoms with Crippen molar-refractivity contribution < 1.29 is 14.6 Å². The van der Waals surface area contributed by atoms with Crippen LogP contribution in [0.5, 0.6) is 0 Å². The standard InChI is InChI=1S/C22H31N3O3S2.C2H6/c26-21-20(25(27)30(28)29)11-14-23(21)19-9-7-16(8-10-19)22(12-13-22)15-24(17-3-1-4-17)18-5-2-6-18;1-2/h7-10,17-18,20,27H,1-6,11-15H2,(H,28,29);1-2H3. The molecule has 4 aliphatic rings. The monoisotopic (exact) mass is 479 g/mol. The van der Waals surface area contributed by atoms with E-state index in [0.717, 1.165) is 17.8 Å². The second-order valence-corrected chi connectivity index (χ2v) is 11.2. The largest absolute Gasteiger partial charge is 0.314 e. The first-order valence-electron chi connectivity index (χ1n) is 12.3. The number of hydroxylamine groups is 1. The van der Waals surface area contributed by atoms with Gasteiger partial charge in [0.25, 0.3) is 0 Å². The molecule has 3 saturated carbocycles. The Labute approximate surface area is 199 Å². The van der Waals surface area contributed by atoms with Crippen molar-refractivity contribution >= 4 is 32.7 Å². The molecule has 0 radical (unpaired) electrons. The fourth-order valence-corrected chi connectivity index (χ4v) is 5.99. The molecule has 2 atom stereocenters. The van der Waals surface area contributed by atoms with Gasteiger partial charge in [-0.25, -0.2) is 0 Å². The summed E-state index contributed by atoms with van der Waals surface area (Å²) in [6, 6.07) is 9.32. The molecule has 1 saturated heterocycles. The van der Waals surface area contributed by atoms with Crippen LogP contribution in [0, 0.1) is 0 Å². The minimum Gasteiger partial charge on any atom is -0.314 e. The maximum Gasteiger partial charge on any atom is 0.247 e. The molecule has 1 amide bonds. The Bertz CT molecular complexity index is 808. The van der Waals surface area contributed by atoms with Crippen LogP contribution in [-0.2, 0) is 31.3 Å². The molecule has 0 bridgehead atoms. The lowest BCUT2D eigenvalue weighted by Crippen LogP contribution is -2.52. The quantitative estimate of drug-likeness (QED) is 0.538. The van der Waals surface area contributed by atoms with Crippen LogP contribution in [0.2, 0.25) is 0 Å². The maximum absolute atomic E-state index is 12.7. The Balaban J connectivity index is 0.00000119. The zero-order chi connectivity index (χ0) is 22.9. The third-order valence-corrected chi connectivity index (χ3v) is 8.85. The molecule has 1 aromatic carbocycles. The van der Waals surface area contributed by atoms with Crippen LogP contribution in [-0.4, -0.2) is 56.3 Å². The van der Waals surface area contributed by atoms with E-state index in [2.05, 4.69) is 17.0 Å². The minimum atomic E-state index is -1.74. The van der Waals surface area contributed by atoms with Crippen LogP contribution in [0.25, 0.3) is 0 Å². The number of anilines is 1. The second kappa shape index (κ2) is 10.2. The van der Waals surface area contributed by atoms with Crippen LogP contribution in [0.1, 0.15) is 77.2 Å². The van der Waals surface area contributed by atoms with Gasteiger partial charge in [-0.1, -0.05) is 43.3 Å². The zero-order valence-electron chi connectivity index (χ0n) is 19.3. The van der Waals surface area contributed by atoms with E-state index in [-0.39, 0.29) is 11.3 Å². The summed E-state index contributed by atoms with van der Waals surface area (Å²) in [5, 5.41) is 9.88. The molecule has 32 heavy (non-hydrogen) atoms. The van der Waals surface area contributed by atoms with Crippen molar-refractivity contribution in [2.45, 2.75) is 95.2 Å². The van der Waals surface area contributed by atoms with Crippen molar-refractivity contribution in [1.82, 2.24) is 9.37 Å². The number of carbonyl (C=O) groups excluding carboxylic acids is 1. The van der Waals surface area contributed by atoms with Gasteiger partial charge in [0.05, 0.1) is 0 Å². The van der Waals surface area contributed by atoms with Gasteiger partial charge in [-0.3, -0.25) is 9.69 Å². The van der Waals surface area contributed by atoms with Gasteiger partial charge in [-0.2, -0.15) is 0 Å². The van der Waals surface area contributed by atoms with Gasteiger partial charge >= 0.3 is 0 Å². The van der Waals surface area contributed by atoms with E-state index >= 15 is 0 Å². The summed E-state index contributed by atoms with van der Waals surface area (Å²) in [5.41, 5.74) is 2.54. The summed E-state index contributed by atoms with van der Waals surface area (Å²) < 4.78 is 10.0. The number of amides is 1. The van der Waals surface area contributed by atoms with Crippen LogP contribution >= 0.6 is 0 Å². The van der Waals surface area contributed by atoms with Gasteiger partial charge in [0.1, 0.15) is 16.0 Å². The molecule has 178 valence electrons. The summed E-state index contributed by atoms with van der Waals surface area (Å²) in [6.45, 7) is 5.71. The normalized spacial score (nSPS) is 25.9. The Morgan fingerprint density at radius 3 is 2.06 bits per heavy atom. The van der Waals surface area contributed by atoms with E-state index in [1.807, 2.05) is 26.0 Å². The van der Waals surface area contributed by atoms with Crippen LogP contribution in [0.3, 0.4) is 0 Å². The second-order valence-electron chi connectivity index (χ2n) is 9.50. The first kappa shape index (κ1) is 24.2.